The molecule has 0 spiro atoms. The van der Waals surface area contributed by atoms with Gasteiger partial charge in [0.25, 0.3) is 0 Å². The molecule has 0 radical (unpaired) electrons. The van der Waals surface area contributed by atoms with Crippen molar-refractivity contribution in [2.45, 2.75) is 31.5 Å². The third-order valence-electron chi connectivity index (χ3n) is 5.24. The van der Waals surface area contributed by atoms with Crippen molar-refractivity contribution in [1.29, 1.82) is 5.26 Å². The van der Waals surface area contributed by atoms with Gasteiger partial charge in [-0.25, -0.2) is 9.18 Å². The molecule has 3 rings (SSSR count). The fourth-order valence-electron chi connectivity index (χ4n) is 3.65. The molecule has 2 heterocycles. The van der Waals surface area contributed by atoms with Crippen molar-refractivity contribution in [1.82, 2.24) is 20.4 Å². The predicted molar refractivity (Wildman–Crippen MR) is 105 cm³/mol. The lowest BCUT2D eigenvalue weighted by Crippen LogP contribution is -2.43. The molecule has 1 aliphatic heterocycles. The molecule has 32 heavy (non-hydrogen) atoms. The Balaban J connectivity index is 1.79. The normalized spacial score (nSPS) is 16.5. The molecule has 1 fully saturated rings. The monoisotopic (exact) mass is 454 g/mol. The largest absolute Gasteiger partial charge is 0.417 e. The van der Waals surface area contributed by atoms with E-state index in [0.29, 0.717) is 19.0 Å². The van der Waals surface area contributed by atoms with Gasteiger partial charge < -0.3 is 19.6 Å². The molecule has 2 amide bonds. The minimum atomic E-state index is -4.72. The van der Waals surface area contributed by atoms with Crippen LogP contribution in [0.1, 0.15) is 41.6 Å². The van der Waals surface area contributed by atoms with Crippen molar-refractivity contribution in [2.24, 2.45) is 0 Å². The lowest BCUT2D eigenvalue weighted by molar-refractivity contribution is -0.137. The number of likely N-dealkylation sites (tertiary alicyclic amines) is 1. The number of nitrogens with zero attached hydrogens (tertiary/aromatic N) is 5. The molecule has 0 aliphatic carbocycles. The molecule has 172 valence electrons. The van der Waals surface area contributed by atoms with Gasteiger partial charge in [0.15, 0.2) is 5.82 Å². The van der Waals surface area contributed by atoms with Gasteiger partial charge in [0.1, 0.15) is 6.67 Å². The summed E-state index contributed by atoms with van der Waals surface area (Å²) in [5.41, 5.74) is -1.52. The Kier molecular flexibility index (Phi) is 7.17. The third kappa shape index (κ3) is 5.27. The van der Waals surface area contributed by atoms with Crippen LogP contribution in [-0.2, 0) is 12.7 Å². The van der Waals surface area contributed by atoms with Gasteiger partial charge >= 0.3 is 12.2 Å². The number of halogens is 4. The molecule has 1 unspecified atom stereocenters. The molecule has 0 saturated carbocycles. The van der Waals surface area contributed by atoms with Gasteiger partial charge in [0.2, 0.25) is 5.89 Å². The van der Waals surface area contributed by atoms with E-state index in [2.05, 4.69) is 15.5 Å². The maximum Gasteiger partial charge on any atom is 0.417 e. The summed E-state index contributed by atoms with van der Waals surface area (Å²) in [4.78, 5) is 19.2. The predicted octanol–water partition coefficient (Wildman–Crippen LogP) is 3.45. The Labute approximate surface area is 181 Å². The first-order chi connectivity index (χ1) is 15.3. The third-order valence-corrected chi connectivity index (χ3v) is 5.24. The number of amides is 2. The maximum absolute atomic E-state index is 13.3. The minimum Gasteiger partial charge on any atom is -0.361 e. The Morgan fingerprint density at radius 2 is 2.22 bits per heavy atom. The quantitative estimate of drug-likeness (QED) is 0.672. The molecule has 0 bridgehead atoms. The number of hydrogen-bond acceptors (Lipinski definition) is 6. The second-order valence-electron chi connectivity index (χ2n) is 7.34. The number of nitriles is 1. The number of aromatic nitrogens is 2. The van der Waals surface area contributed by atoms with Crippen LogP contribution >= 0.6 is 0 Å². The molecule has 12 heteroatoms. The van der Waals surface area contributed by atoms with Crippen molar-refractivity contribution in [3.05, 3.63) is 41.0 Å². The van der Waals surface area contributed by atoms with Crippen LogP contribution in [0.25, 0.3) is 0 Å². The number of carbonyl (C=O) groups excluding carboxylic acids is 1. The minimum absolute atomic E-state index is 0.0809. The first-order valence-electron chi connectivity index (χ1n) is 9.98. The second-order valence-corrected chi connectivity index (χ2v) is 7.34. The molecular formula is C20H22F4N6O2. The highest BCUT2D eigenvalue weighted by molar-refractivity contribution is 5.73. The van der Waals surface area contributed by atoms with E-state index in [1.165, 1.54) is 17.0 Å². The average Bonchev–Trinajstić information content (AvgIpc) is 3.26. The van der Waals surface area contributed by atoms with Crippen molar-refractivity contribution in [3.63, 3.8) is 0 Å². The smallest absolute Gasteiger partial charge is 0.361 e. The van der Waals surface area contributed by atoms with Gasteiger partial charge in [0.05, 0.1) is 29.7 Å². The van der Waals surface area contributed by atoms with E-state index in [4.69, 9.17) is 9.78 Å². The van der Waals surface area contributed by atoms with E-state index in [9.17, 15) is 22.4 Å². The lowest BCUT2D eigenvalue weighted by atomic mass is 9.98. The van der Waals surface area contributed by atoms with E-state index in [1.807, 2.05) is 0 Å². The van der Waals surface area contributed by atoms with Gasteiger partial charge in [-0.1, -0.05) is 5.16 Å². The molecule has 1 N–H and O–H groups in total. The SMILES string of the molecule is CNC(=O)N1CCCC(c2nc(CN(CCF)c3ccc(C#N)c(C(F)(F)F)c3)no2)C1. The molecule has 1 aromatic heterocycles. The number of nitrogens with one attached hydrogen (secondary N) is 1. The van der Waals surface area contributed by atoms with Gasteiger partial charge in [-0.05, 0) is 31.0 Å². The van der Waals surface area contributed by atoms with Crippen molar-refractivity contribution < 1.29 is 26.9 Å². The zero-order valence-electron chi connectivity index (χ0n) is 17.3. The molecular weight excluding hydrogens is 432 g/mol. The maximum atomic E-state index is 13.3. The first kappa shape index (κ1) is 23.3. The summed E-state index contributed by atoms with van der Waals surface area (Å²) in [6, 6.07) is 4.52. The van der Waals surface area contributed by atoms with Gasteiger partial charge in [-0.2, -0.15) is 23.4 Å². The lowest BCUT2D eigenvalue weighted by Gasteiger charge is -2.30. The summed E-state index contributed by atoms with van der Waals surface area (Å²) in [6.07, 6.45) is -3.22. The van der Waals surface area contributed by atoms with E-state index in [0.717, 1.165) is 25.0 Å². The number of urea groups is 1. The summed E-state index contributed by atoms with van der Waals surface area (Å²) >= 11 is 0. The van der Waals surface area contributed by atoms with Gasteiger partial charge in [-0.3, -0.25) is 0 Å². The van der Waals surface area contributed by atoms with Crippen LogP contribution in [0.5, 0.6) is 0 Å². The standard InChI is InChI=1S/C20H22F4N6O2/c1-26-19(31)30-7-2-3-14(11-30)18-27-17(28-32-18)12-29(8-6-21)15-5-4-13(10-25)16(9-15)20(22,23)24/h4-5,9,14H,2-3,6-8,11-12H2,1H3,(H,26,31). The number of benzene rings is 1. The molecule has 2 aromatic rings. The number of anilines is 1. The highest BCUT2D eigenvalue weighted by Crippen LogP contribution is 2.35. The molecule has 1 aliphatic rings. The fourth-order valence-corrected chi connectivity index (χ4v) is 3.65. The van der Waals surface area contributed by atoms with Crippen molar-refractivity contribution in [3.8, 4) is 6.07 Å². The van der Waals surface area contributed by atoms with Crippen LogP contribution in [0.2, 0.25) is 0 Å². The molecule has 8 nitrogen and oxygen atoms in total. The van der Waals surface area contributed by atoms with Crippen LogP contribution in [0.15, 0.2) is 22.7 Å². The molecule has 1 atom stereocenters. The summed E-state index contributed by atoms with van der Waals surface area (Å²) in [5.74, 6) is 0.344. The summed E-state index contributed by atoms with van der Waals surface area (Å²) < 4.78 is 58.4. The van der Waals surface area contributed by atoms with Crippen LogP contribution in [0, 0.1) is 11.3 Å². The Hall–Kier alpha value is -3.36. The van der Waals surface area contributed by atoms with E-state index < -0.39 is 24.0 Å². The highest BCUT2D eigenvalue weighted by atomic mass is 19.4. The zero-order valence-corrected chi connectivity index (χ0v) is 17.3. The van der Waals surface area contributed by atoms with Crippen LogP contribution < -0.4 is 10.2 Å². The molecule has 1 saturated heterocycles. The van der Waals surface area contributed by atoms with Crippen LogP contribution in [-0.4, -0.2) is 54.4 Å². The van der Waals surface area contributed by atoms with Crippen molar-refractivity contribution >= 4 is 11.7 Å². The van der Waals surface area contributed by atoms with Gasteiger partial charge in [-0.15, -0.1) is 0 Å². The number of rotatable bonds is 6. The average molecular weight is 454 g/mol. The van der Waals surface area contributed by atoms with Gasteiger partial charge in [0, 0.05) is 32.4 Å². The number of carbonyl (C=O) groups is 1. The van der Waals surface area contributed by atoms with E-state index >= 15 is 0 Å². The Morgan fingerprint density at radius 3 is 2.88 bits per heavy atom. The summed E-state index contributed by atoms with van der Waals surface area (Å²) in [7, 11) is 1.55. The second kappa shape index (κ2) is 9.84. The van der Waals surface area contributed by atoms with E-state index in [1.54, 1.807) is 11.9 Å². The summed E-state index contributed by atoms with van der Waals surface area (Å²) in [6.45, 7) is -0.0685. The Morgan fingerprint density at radius 1 is 1.44 bits per heavy atom. The zero-order chi connectivity index (χ0) is 23.3. The number of alkyl halides is 4. The number of hydrogen-bond donors (Lipinski definition) is 1. The fraction of sp³-hybridized carbons (Fsp3) is 0.500. The Bertz CT molecular complexity index is 987. The summed E-state index contributed by atoms with van der Waals surface area (Å²) in [5, 5.41) is 15.4. The molecule has 1 aromatic carbocycles. The first-order valence-corrected chi connectivity index (χ1v) is 9.98. The number of piperidine rings is 1. The van der Waals surface area contributed by atoms with E-state index in [-0.39, 0.29) is 36.6 Å². The highest BCUT2D eigenvalue weighted by Gasteiger charge is 2.34. The topological polar surface area (TPSA) is 98.3 Å². The van der Waals surface area contributed by atoms with Crippen LogP contribution in [0.4, 0.5) is 28.0 Å². The van der Waals surface area contributed by atoms with Crippen molar-refractivity contribution in [2.75, 3.05) is 38.3 Å². The van der Waals surface area contributed by atoms with Crippen LogP contribution in [0.3, 0.4) is 0 Å².